The van der Waals surface area contributed by atoms with E-state index in [9.17, 15) is 4.79 Å². The molecule has 0 saturated heterocycles. The van der Waals surface area contributed by atoms with E-state index in [1.165, 1.54) is 6.08 Å². The molecule has 2 aromatic rings. The molecule has 0 unspecified atom stereocenters. The lowest BCUT2D eigenvalue weighted by Crippen LogP contribution is -2.08. The first-order valence-electron chi connectivity index (χ1n) is 6.05. The first kappa shape index (κ1) is 15.0. The van der Waals surface area contributed by atoms with Gasteiger partial charge in [-0.3, -0.25) is 4.79 Å². The summed E-state index contributed by atoms with van der Waals surface area (Å²) in [5.74, 6) is -0.155. The highest BCUT2D eigenvalue weighted by molar-refractivity contribution is 9.10. The van der Waals surface area contributed by atoms with Crippen LogP contribution in [-0.4, -0.2) is 5.91 Å². The first-order valence-corrected chi connectivity index (χ1v) is 7.64. The molecule has 0 aliphatic carbocycles. The molecule has 102 valence electrons. The van der Waals surface area contributed by atoms with Crippen molar-refractivity contribution in [3.63, 3.8) is 0 Å². The summed E-state index contributed by atoms with van der Waals surface area (Å²) < 4.78 is 1.89. The van der Waals surface area contributed by atoms with Gasteiger partial charge in [-0.25, -0.2) is 0 Å². The van der Waals surface area contributed by atoms with E-state index in [-0.39, 0.29) is 5.91 Å². The monoisotopic (exact) mass is 393 g/mol. The van der Waals surface area contributed by atoms with Gasteiger partial charge in [0.15, 0.2) is 0 Å². The van der Waals surface area contributed by atoms with Gasteiger partial charge in [0.1, 0.15) is 0 Å². The molecule has 0 bridgehead atoms. The molecule has 0 spiro atoms. The summed E-state index contributed by atoms with van der Waals surface area (Å²) in [7, 11) is 0. The fraction of sp³-hybridized carbons (Fsp3) is 0.0625. The van der Waals surface area contributed by atoms with Gasteiger partial charge in [-0.2, -0.15) is 0 Å². The minimum atomic E-state index is -0.155. The van der Waals surface area contributed by atoms with E-state index >= 15 is 0 Å². The van der Waals surface area contributed by atoms with Gasteiger partial charge in [-0.15, -0.1) is 0 Å². The summed E-state index contributed by atoms with van der Waals surface area (Å²) in [6.07, 6.45) is 3.30. The maximum atomic E-state index is 11.9. The summed E-state index contributed by atoms with van der Waals surface area (Å²) in [5, 5.41) is 2.84. The third kappa shape index (κ3) is 4.32. The number of carbonyl (C=O) groups is 1. The Hall–Kier alpha value is -1.39. The van der Waals surface area contributed by atoms with Gasteiger partial charge < -0.3 is 5.32 Å². The summed E-state index contributed by atoms with van der Waals surface area (Å²) in [6, 6.07) is 13.6. The van der Waals surface area contributed by atoms with Crippen LogP contribution in [0.15, 0.2) is 57.5 Å². The van der Waals surface area contributed by atoms with E-state index in [0.29, 0.717) is 0 Å². The van der Waals surface area contributed by atoms with Crippen molar-refractivity contribution in [1.82, 2.24) is 0 Å². The number of nitrogens with one attached hydrogen (secondary N) is 1. The average molecular weight is 395 g/mol. The lowest BCUT2D eigenvalue weighted by Gasteiger charge is -2.05. The Morgan fingerprint density at radius 1 is 1.10 bits per heavy atom. The third-order valence-corrected chi connectivity index (χ3v) is 3.86. The maximum absolute atomic E-state index is 11.9. The fourth-order valence-electron chi connectivity index (χ4n) is 1.64. The lowest BCUT2D eigenvalue weighted by molar-refractivity contribution is -0.111. The SMILES string of the molecule is Cc1ccc(NC(=O)C=Cc2ccc(Br)cc2)c(Br)c1. The molecule has 1 N–H and O–H groups in total. The van der Waals surface area contributed by atoms with Crippen LogP contribution in [0.3, 0.4) is 0 Å². The number of hydrogen-bond acceptors (Lipinski definition) is 1. The molecule has 2 aromatic carbocycles. The van der Waals surface area contributed by atoms with Crippen LogP contribution < -0.4 is 5.32 Å². The van der Waals surface area contributed by atoms with Crippen LogP contribution in [-0.2, 0) is 4.79 Å². The smallest absolute Gasteiger partial charge is 0.248 e. The predicted molar refractivity (Wildman–Crippen MR) is 90.7 cm³/mol. The quantitative estimate of drug-likeness (QED) is 0.714. The van der Waals surface area contributed by atoms with Crippen LogP contribution in [0.25, 0.3) is 6.08 Å². The zero-order valence-electron chi connectivity index (χ0n) is 10.9. The van der Waals surface area contributed by atoms with Crippen molar-refractivity contribution in [2.45, 2.75) is 6.92 Å². The molecule has 20 heavy (non-hydrogen) atoms. The Kier molecular flexibility index (Phi) is 5.15. The zero-order valence-corrected chi connectivity index (χ0v) is 14.0. The number of amides is 1. The largest absolute Gasteiger partial charge is 0.321 e. The van der Waals surface area contributed by atoms with E-state index in [1.807, 2.05) is 49.4 Å². The first-order chi connectivity index (χ1) is 9.54. The molecule has 0 atom stereocenters. The average Bonchev–Trinajstić information content (AvgIpc) is 2.41. The molecule has 2 nitrogen and oxygen atoms in total. The summed E-state index contributed by atoms with van der Waals surface area (Å²) in [5.41, 5.74) is 2.88. The highest BCUT2D eigenvalue weighted by atomic mass is 79.9. The minimum Gasteiger partial charge on any atom is -0.321 e. The standard InChI is InChI=1S/C16H13Br2NO/c1-11-2-8-15(14(18)10-11)19-16(20)9-5-12-3-6-13(17)7-4-12/h2-10H,1H3,(H,19,20). The van der Waals surface area contributed by atoms with Gasteiger partial charge >= 0.3 is 0 Å². The van der Waals surface area contributed by atoms with Gasteiger partial charge in [-0.05, 0) is 64.3 Å². The Bertz CT molecular complexity index is 648. The Balaban J connectivity index is 2.03. The molecule has 0 aliphatic rings. The Morgan fingerprint density at radius 2 is 1.80 bits per heavy atom. The molecule has 0 aromatic heterocycles. The minimum absolute atomic E-state index is 0.155. The highest BCUT2D eigenvalue weighted by Crippen LogP contribution is 2.23. The number of hydrogen-bond donors (Lipinski definition) is 1. The molecule has 0 saturated carbocycles. The molecule has 1 amide bonds. The summed E-state index contributed by atoms with van der Waals surface area (Å²) in [4.78, 5) is 11.9. The lowest BCUT2D eigenvalue weighted by atomic mass is 10.2. The van der Waals surface area contributed by atoms with E-state index < -0.39 is 0 Å². The van der Waals surface area contributed by atoms with Crippen molar-refractivity contribution >= 4 is 49.5 Å². The van der Waals surface area contributed by atoms with Gasteiger partial charge in [0.2, 0.25) is 5.91 Å². The highest BCUT2D eigenvalue weighted by Gasteiger charge is 2.02. The van der Waals surface area contributed by atoms with Crippen LogP contribution in [0.1, 0.15) is 11.1 Å². The maximum Gasteiger partial charge on any atom is 0.248 e. The predicted octanol–water partition coefficient (Wildman–Crippen LogP) is 5.17. The van der Waals surface area contributed by atoms with Crippen molar-refractivity contribution in [2.75, 3.05) is 5.32 Å². The van der Waals surface area contributed by atoms with Crippen LogP contribution in [0.2, 0.25) is 0 Å². The summed E-state index contributed by atoms with van der Waals surface area (Å²) >= 11 is 6.81. The van der Waals surface area contributed by atoms with E-state index in [1.54, 1.807) is 6.08 Å². The van der Waals surface area contributed by atoms with Crippen molar-refractivity contribution < 1.29 is 4.79 Å². The van der Waals surface area contributed by atoms with Gasteiger partial charge in [0.05, 0.1) is 5.69 Å². The molecule has 4 heteroatoms. The zero-order chi connectivity index (χ0) is 14.5. The van der Waals surface area contributed by atoms with Crippen LogP contribution >= 0.6 is 31.9 Å². The molecule has 0 radical (unpaired) electrons. The van der Waals surface area contributed by atoms with Gasteiger partial charge in [0, 0.05) is 15.0 Å². The molecular weight excluding hydrogens is 382 g/mol. The number of anilines is 1. The molecule has 0 aliphatic heterocycles. The number of carbonyl (C=O) groups excluding carboxylic acids is 1. The molecule has 0 fully saturated rings. The van der Waals surface area contributed by atoms with Crippen molar-refractivity contribution in [2.24, 2.45) is 0 Å². The van der Waals surface area contributed by atoms with Crippen LogP contribution in [0, 0.1) is 6.92 Å². The third-order valence-electron chi connectivity index (χ3n) is 2.68. The fourth-order valence-corrected chi connectivity index (χ4v) is 2.50. The number of aryl methyl sites for hydroxylation is 1. The van der Waals surface area contributed by atoms with Crippen molar-refractivity contribution in [3.8, 4) is 0 Å². The second kappa shape index (κ2) is 6.86. The number of benzene rings is 2. The van der Waals surface area contributed by atoms with Crippen LogP contribution in [0.4, 0.5) is 5.69 Å². The van der Waals surface area contributed by atoms with Crippen molar-refractivity contribution in [3.05, 3.63) is 68.6 Å². The Labute approximate surface area is 135 Å². The molecule has 0 heterocycles. The molecular formula is C16H13Br2NO. The summed E-state index contributed by atoms with van der Waals surface area (Å²) in [6.45, 7) is 2.00. The topological polar surface area (TPSA) is 29.1 Å². The second-order valence-electron chi connectivity index (χ2n) is 4.36. The van der Waals surface area contributed by atoms with Gasteiger partial charge in [-0.1, -0.05) is 34.1 Å². The number of rotatable bonds is 3. The van der Waals surface area contributed by atoms with E-state index in [0.717, 1.165) is 25.8 Å². The van der Waals surface area contributed by atoms with Gasteiger partial charge in [0.25, 0.3) is 0 Å². The van der Waals surface area contributed by atoms with Crippen LogP contribution in [0.5, 0.6) is 0 Å². The second-order valence-corrected chi connectivity index (χ2v) is 6.13. The normalized spacial score (nSPS) is 10.8. The Morgan fingerprint density at radius 3 is 2.45 bits per heavy atom. The van der Waals surface area contributed by atoms with E-state index in [2.05, 4.69) is 37.2 Å². The number of halogens is 2. The van der Waals surface area contributed by atoms with E-state index in [4.69, 9.17) is 0 Å². The molecule has 2 rings (SSSR count). The van der Waals surface area contributed by atoms with Crippen molar-refractivity contribution in [1.29, 1.82) is 0 Å².